The first-order valence-corrected chi connectivity index (χ1v) is 6.43. The second-order valence-electron chi connectivity index (χ2n) is 3.69. The van der Waals surface area contributed by atoms with E-state index in [1.807, 2.05) is 0 Å². The Labute approximate surface area is 107 Å². The maximum Gasteiger partial charge on any atom is 0.416 e. The topological polar surface area (TPSA) is 86.3 Å². The minimum atomic E-state index is -4.69. The van der Waals surface area contributed by atoms with Gasteiger partial charge in [0.1, 0.15) is 0 Å². The van der Waals surface area contributed by atoms with Crippen LogP contribution in [0.1, 0.15) is 12.5 Å². The first-order chi connectivity index (χ1) is 8.54. The number of carboxylic acid groups (broad SMARTS) is 1. The number of halogens is 3. The summed E-state index contributed by atoms with van der Waals surface area (Å²) in [5, 5.41) is 10.4. The van der Waals surface area contributed by atoms with Gasteiger partial charge in [0, 0.05) is 0 Å². The highest BCUT2D eigenvalue weighted by atomic mass is 32.2. The minimum Gasteiger partial charge on any atom is -0.548 e. The maximum atomic E-state index is 12.4. The zero-order chi connectivity index (χ0) is 14.8. The van der Waals surface area contributed by atoms with Crippen LogP contribution in [0.5, 0.6) is 0 Å². The normalized spacial score (nSPS) is 14.1. The van der Waals surface area contributed by atoms with E-state index in [9.17, 15) is 31.5 Å². The minimum absolute atomic E-state index is 0.421. The zero-order valence-electron chi connectivity index (χ0n) is 9.56. The molecule has 0 bridgehead atoms. The number of benzene rings is 1. The molecule has 1 aromatic carbocycles. The molecular formula is C10H9F3NO4S-. The van der Waals surface area contributed by atoms with Gasteiger partial charge >= 0.3 is 6.18 Å². The molecule has 0 amide bonds. The van der Waals surface area contributed by atoms with Crippen molar-refractivity contribution in [2.24, 2.45) is 0 Å². The van der Waals surface area contributed by atoms with E-state index in [4.69, 9.17) is 0 Å². The number of sulfonamides is 1. The second kappa shape index (κ2) is 5.17. The van der Waals surface area contributed by atoms with Crippen molar-refractivity contribution >= 4 is 16.0 Å². The molecule has 0 saturated heterocycles. The Balaban J connectivity index is 3.13. The Morgan fingerprint density at radius 3 is 2.42 bits per heavy atom. The maximum absolute atomic E-state index is 12.4. The summed E-state index contributed by atoms with van der Waals surface area (Å²) in [6.07, 6.45) is -4.69. The lowest BCUT2D eigenvalue weighted by molar-refractivity contribution is -0.307. The monoisotopic (exact) mass is 296 g/mol. The number of carboxylic acids is 1. The lowest BCUT2D eigenvalue weighted by Crippen LogP contribution is -2.45. The molecule has 1 aromatic rings. The lowest BCUT2D eigenvalue weighted by atomic mass is 10.2. The van der Waals surface area contributed by atoms with E-state index in [2.05, 4.69) is 0 Å². The van der Waals surface area contributed by atoms with Crippen LogP contribution >= 0.6 is 0 Å². The molecule has 0 aliphatic heterocycles. The smallest absolute Gasteiger partial charge is 0.416 e. The molecule has 0 fully saturated rings. The van der Waals surface area contributed by atoms with Gasteiger partial charge in [0.05, 0.1) is 22.5 Å². The summed E-state index contributed by atoms with van der Waals surface area (Å²) in [4.78, 5) is 9.75. The summed E-state index contributed by atoms with van der Waals surface area (Å²) in [7, 11) is -4.36. The average Bonchev–Trinajstić information content (AvgIpc) is 2.27. The van der Waals surface area contributed by atoms with Gasteiger partial charge in [-0.1, -0.05) is 6.07 Å². The largest absolute Gasteiger partial charge is 0.548 e. The summed E-state index contributed by atoms with van der Waals surface area (Å²) in [5.41, 5.74) is -1.14. The van der Waals surface area contributed by atoms with E-state index in [1.165, 1.54) is 0 Å². The van der Waals surface area contributed by atoms with Gasteiger partial charge in [-0.05, 0) is 25.1 Å². The molecule has 19 heavy (non-hydrogen) atoms. The van der Waals surface area contributed by atoms with Gasteiger partial charge in [0.25, 0.3) is 0 Å². The third kappa shape index (κ3) is 3.93. The van der Waals surface area contributed by atoms with Crippen molar-refractivity contribution in [3.8, 4) is 0 Å². The molecule has 9 heteroatoms. The highest BCUT2D eigenvalue weighted by Crippen LogP contribution is 2.30. The molecule has 0 heterocycles. The Morgan fingerprint density at radius 2 is 1.95 bits per heavy atom. The van der Waals surface area contributed by atoms with E-state index in [1.54, 1.807) is 4.72 Å². The van der Waals surface area contributed by atoms with E-state index in [0.29, 0.717) is 12.1 Å². The highest BCUT2D eigenvalue weighted by molar-refractivity contribution is 7.89. The fourth-order valence-corrected chi connectivity index (χ4v) is 2.43. The predicted octanol–water partition coefficient (Wildman–Crippen LogP) is 0.122. The van der Waals surface area contributed by atoms with Gasteiger partial charge < -0.3 is 9.90 Å². The molecule has 1 atom stereocenters. The third-order valence-electron chi connectivity index (χ3n) is 2.16. The number of carbonyl (C=O) groups is 1. The molecule has 5 nitrogen and oxygen atoms in total. The molecule has 0 spiro atoms. The number of nitrogens with one attached hydrogen (secondary N) is 1. The van der Waals surface area contributed by atoms with Crippen LogP contribution in [0, 0.1) is 0 Å². The number of hydrogen-bond acceptors (Lipinski definition) is 4. The van der Waals surface area contributed by atoms with Crippen LogP contribution < -0.4 is 9.83 Å². The first-order valence-electron chi connectivity index (χ1n) is 4.94. The summed E-state index contributed by atoms with van der Waals surface area (Å²) in [6, 6.07) is 1.42. The van der Waals surface area contributed by atoms with Crippen LogP contribution in [0.25, 0.3) is 0 Å². The molecule has 0 aliphatic carbocycles. The second-order valence-corrected chi connectivity index (χ2v) is 5.40. The molecule has 106 valence electrons. The van der Waals surface area contributed by atoms with Crippen LogP contribution in [0.3, 0.4) is 0 Å². The first kappa shape index (κ1) is 15.4. The summed E-state index contributed by atoms with van der Waals surface area (Å²) >= 11 is 0. The molecule has 0 radical (unpaired) electrons. The number of alkyl halides is 3. The summed E-state index contributed by atoms with van der Waals surface area (Å²) < 4.78 is 62.3. The molecule has 0 saturated carbocycles. The Hall–Kier alpha value is -1.61. The Morgan fingerprint density at radius 1 is 1.37 bits per heavy atom. The molecule has 0 aliphatic rings. The van der Waals surface area contributed by atoms with Crippen LogP contribution in [0.2, 0.25) is 0 Å². The van der Waals surface area contributed by atoms with E-state index in [0.717, 1.165) is 19.1 Å². The van der Waals surface area contributed by atoms with Gasteiger partial charge in [-0.15, -0.1) is 0 Å². The van der Waals surface area contributed by atoms with Crippen LogP contribution in [-0.2, 0) is 21.0 Å². The van der Waals surface area contributed by atoms with Crippen molar-refractivity contribution in [3.63, 3.8) is 0 Å². The van der Waals surface area contributed by atoms with Gasteiger partial charge in [-0.3, -0.25) is 0 Å². The summed E-state index contributed by atoms with van der Waals surface area (Å²) in [5.74, 6) is -1.68. The van der Waals surface area contributed by atoms with E-state index < -0.39 is 38.7 Å². The fourth-order valence-electron chi connectivity index (χ4n) is 1.19. The van der Waals surface area contributed by atoms with E-state index in [-0.39, 0.29) is 0 Å². The Bertz CT molecular complexity index is 583. The average molecular weight is 296 g/mol. The lowest BCUT2D eigenvalue weighted by Gasteiger charge is -2.15. The number of rotatable bonds is 4. The predicted molar refractivity (Wildman–Crippen MR) is 56.2 cm³/mol. The number of carbonyl (C=O) groups excluding carboxylic acids is 1. The Kier molecular flexibility index (Phi) is 4.21. The zero-order valence-corrected chi connectivity index (χ0v) is 10.4. The van der Waals surface area contributed by atoms with Crippen molar-refractivity contribution in [3.05, 3.63) is 29.8 Å². The number of hydrogen-bond donors (Lipinski definition) is 1. The third-order valence-corrected chi connectivity index (χ3v) is 3.70. The molecule has 1 N–H and O–H groups in total. The quantitative estimate of drug-likeness (QED) is 0.855. The van der Waals surface area contributed by atoms with Gasteiger partial charge in [-0.25, -0.2) is 13.1 Å². The van der Waals surface area contributed by atoms with Crippen molar-refractivity contribution < 1.29 is 31.5 Å². The number of aliphatic carboxylic acids is 1. The summed E-state index contributed by atoms with van der Waals surface area (Å²) in [6.45, 7) is 1.00. The fraction of sp³-hybridized carbons (Fsp3) is 0.300. The van der Waals surface area contributed by atoms with Crippen LogP contribution in [0.15, 0.2) is 29.2 Å². The van der Waals surface area contributed by atoms with Gasteiger partial charge in [0.2, 0.25) is 10.0 Å². The molecular weight excluding hydrogens is 287 g/mol. The van der Waals surface area contributed by atoms with Gasteiger partial charge in [0.15, 0.2) is 0 Å². The highest BCUT2D eigenvalue weighted by Gasteiger charge is 2.31. The van der Waals surface area contributed by atoms with Crippen molar-refractivity contribution in [1.29, 1.82) is 0 Å². The standard InChI is InChI=1S/C10H10F3NO4S/c1-6(9(15)16)14-19(17,18)8-4-2-3-7(5-8)10(11,12)13/h2-6,14H,1H3,(H,15,16)/p-1/t6-/m0/s1. The van der Waals surface area contributed by atoms with Crippen molar-refractivity contribution in [2.45, 2.75) is 24.0 Å². The SMILES string of the molecule is C[C@H](NS(=O)(=O)c1cccc(C(F)(F)F)c1)C(=O)[O-]. The van der Waals surface area contributed by atoms with Crippen LogP contribution in [0.4, 0.5) is 13.2 Å². The molecule has 1 rings (SSSR count). The van der Waals surface area contributed by atoms with Gasteiger partial charge in [-0.2, -0.15) is 13.2 Å². The van der Waals surface area contributed by atoms with E-state index >= 15 is 0 Å². The molecule has 0 aromatic heterocycles. The molecule has 0 unspecified atom stereocenters. The van der Waals surface area contributed by atoms with Crippen LogP contribution in [-0.4, -0.2) is 20.4 Å². The van der Waals surface area contributed by atoms with Crippen molar-refractivity contribution in [1.82, 2.24) is 4.72 Å². The van der Waals surface area contributed by atoms with Crippen molar-refractivity contribution in [2.75, 3.05) is 0 Å².